The van der Waals surface area contributed by atoms with Crippen LogP contribution in [0.1, 0.15) is 37.7 Å². The largest absolute Gasteiger partial charge is 0.465 e. The van der Waals surface area contributed by atoms with Crippen molar-refractivity contribution < 1.29 is 18.7 Å². The average molecular weight is 422 g/mol. The summed E-state index contributed by atoms with van der Waals surface area (Å²) in [4.78, 5) is 15.2. The van der Waals surface area contributed by atoms with E-state index in [-0.39, 0.29) is 23.3 Å². The molecule has 29 heavy (non-hydrogen) atoms. The third-order valence-corrected chi connectivity index (χ3v) is 11.0. The van der Waals surface area contributed by atoms with Crippen molar-refractivity contribution in [3.63, 3.8) is 0 Å². The number of hydrogen-bond donors (Lipinski definition) is 2. The molecule has 2 N–H and O–H groups in total. The lowest BCUT2D eigenvalue weighted by molar-refractivity contribution is 0.194. The number of hydrogen-bond acceptors (Lipinski definition) is 3. The van der Waals surface area contributed by atoms with Crippen molar-refractivity contribution in [1.29, 1.82) is 0 Å². The molecule has 1 aliphatic rings. The number of rotatable bonds is 6. The summed E-state index contributed by atoms with van der Waals surface area (Å²) in [5.74, 6) is 0.749. The second-order valence-electron chi connectivity index (χ2n) is 9.58. The van der Waals surface area contributed by atoms with Gasteiger partial charge in [0.15, 0.2) is 14.1 Å². The highest BCUT2D eigenvalue weighted by Crippen LogP contribution is 2.39. The van der Waals surface area contributed by atoms with Gasteiger partial charge in [-0.3, -0.25) is 0 Å². The van der Waals surface area contributed by atoms with Crippen LogP contribution >= 0.6 is 0 Å². The van der Waals surface area contributed by atoms with Crippen molar-refractivity contribution >= 4 is 25.4 Å². The highest BCUT2D eigenvalue weighted by Gasteiger charge is 2.38. The number of carboxylic acid groups (broad SMARTS) is 1. The van der Waals surface area contributed by atoms with Crippen molar-refractivity contribution in [2.45, 2.75) is 65.2 Å². The molecule has 1 aliphatic carbocycles. The Morgan fingerprint density at radius 3 is 2.72 bits per heavy atom. The van der Waals surface area contributed by atoms with Crippen molar-refractivity contribution in [1.82, 2.24) is 14.9 Å². The predicted octanol–water partition coefficient (Wildman–Crippen LogP) is 4.49. The molecule has 1 unspecified atom stereocenters. The smallest absolute Gasteiger partial charge is 0.404 e. The van der Waals surface area contributed by atoms with Crippen LogP contribution in [0, 0.1) is 18.7 Å². The summed E-state index contributed by atoms with van der Waals surface area (Å²) in [5, 5.41) is 11.3. The van der Waals surface area contributed by atoms with Crippen molar-refractivity contribution in [2.75, 3.05) is 13.2 Å². The summed E-state index contributed by atoms with van der Waals surface area (Å²) in [6, 6.07) is 1.99. The lowest BCUT2D eigenvalue weighted by Gasteiger charge is -2.37. The molecule has 0 fully saturated rings. The van der Waals surface area contributed by atoms with E-state index in [0.29, 0.717) is 36.4 Å². The minimum atomic E-state index is -1.83. The summed E-state index contributed by atoms with van der Waals surface area (Å²) in [6.45, 7) is 14.2. The number of carbonyl (C=O) groups is 1. The topological polar surface area (TPSA) is 76.4 Å². The number of imidazole rings is 1. The predicted molar refractivity (Wildman–Crippen MR) is 115 cm³/mol. The first-order valence-corrected chi connectivity index (χ1v) is 13.1. The Labute approximate surface area is 172 Å². The van der Waals surface area contributed by atoms with Crippen LogP contribution in [-0.2, 0) is 23.8 Å². The summed E-state index contributed by atoms with van der Waals surface area (Å²) in [6.07, 6.45) is 0.394. The molecule has 0 radical (unpaired) electrons. The van der Waals surface area contributed by atoms with E-state index in [2.05, 4.69) is 44.2 Å². The molecule has 0 aliphatic heterocycles. The van der Waals surface area contributed by atoms with E-state index in [1.54, 1.807) is 4.57 Å². The lowest BCUT2D eigenvalue weighted by Crippen LogP contribution is -2.42. The maximum Gasteiger partial charge on any atom is 0.404 e. The van der Waals surface area contributed by atoms with E-state index in [1.165, 1.54) is 0 Å². The van der Waals surface area contributed by atoms with Crippen molar-refractivity contribution in [3.8, 4) is 0 Å². The number of nitrogens with one attached hydrogen (secondary N) is 1. The van der Waals surface area contributed by atoms with Crippen LogP contribution in [0.2, 0.25) is 18.1 Å². The maximum absolute atomic E-state index is 15.4. The SMILES string of the molecule is Cc1nc2cc3c(c(F)c2n1CCNC(=O)O)CC(CO[Si](C)(C)C(C)(C)C)C3. The Morgan fingerprint density at radius 1 is 1.41 bits per heavy atom. The van der Waals surface area contributed by atoms with Crippen LogP contribution in [0.25, 0.3) is 11.0 Å². The van der Waals surface area contributed by atoms with Crippen LogP contribution in [0.15, 0.2) is 6.07 Å². The van der Waals surface area contributed by atoms with Crippen LogP contribution in [-0.4, -0.2) is 42.2 Å². The number of benzene rings is 1. The number of aromatic nitrogens is 2. The molecule has 0 bridgehead atoms. The van der Waals surface area contributed by atoms with Gasteiger partial charge in [0.2, 0.25) is 0 Å². The molecule has 1 atom stereocenters. The number of amides is 1. The zero-order chi connectivity index (χ0) is 21.6. The Balaban J connectivity index is 1.80. The van der Waals surface area contributed by atoms with Gasteiger partial charge < -0.3 is 19.4 Å². The Hall–Kier alpha value is -1.93. The fourth-order valence-electron chi connectivity index (χ4n) is 3.74. The summed E-state index contributed by atoms with van der Waals surface area (Å²) in [5.41, 5.74) is 2.89. The zero-order valence-corrected chi connectivity index (χ0v) is 19.2. The van der Waals surface area contributed by atoms with E-state index in [1.807, 2.05) is 13.0 Å². The molecule has 2 aromatic rings. The molecule has 1 amide bonds. The normalized spacial score (nSPS) is 17.0. The number of halogens is 1. The first kappa shape index (κ1) is 21.8. The summed E-state index contributed by atoms with van der Waals surface area (Å²) in [7, 11) is -1.83. The molecule has 0 saturated heterocycles. The molecular formula is C21H32FN3O3Si. The number of aryl methyl sites for hydroxylation is 1. The van der Waals surface area contributed by atoms with E-state index in [9.17, 15) is 4.79 Å². The monoisotopic (exact) mass is 421 g/mol. The van der Waals surface area contributed by atoms with Gasteiger partial charge >= 0.3 is 6.09 Å². The summed E-state index contributed by atoms with van der Waals surface area (Å²) < 4.78 is 23.6. The van der Waals surface area contributed by atoms with Gasteiger partial charge in [0.1, 0.15) is 11.3 Å². The molecule has 1 aromatic carbocycles. The molecule has 6 nitrogen and oxygen atoms in total. The van der Waals surface area contributed by atoms with Crippen LogP contribution in [0.4, 0.5) is 9.18 Å². The fraction of sp³-hybridized carbons (Fsp3) is 0.619. The van der Waals surface area contributed by atoms with Gasteiger partial charge in [0.25, 0.3) is 0 Å². The Kier molecular flexibility index (Phi) is 5.79. The second kappa shape index (κ2) is 7.72. The summed E-state index contributed by atoms with van der Waals surface area (Å²) >= 11 is 0. The highest BCUT2D eigenvalue weighted by molar-refractivity contribution is 6.74. The molecular weight excluding hydrogens is 389 g/mol. The van der Waals surface area contributed by atoms with Gasteiger partial charge in [-0.1, -0.05) is 20.8 Å². The van der Waals surface area contributed by atoms with Gasteiger partial charge in [0, 0.05) is 19.7 Å². The van der Waals surface area contributed by atoms with Gasteiger partial charge in [0.05, 0.1) is 5.52 Å². The Bertz CT molecular complexity index is 934. The zero-order valence-electron chi connectivity index (χ0n) is 18.2. The molecule has 1 heterocycles. The quantitative estimate of drug-likeness (QED) is 0.674. The van der Waals surface area contributed by atoms with E-state index in [4.69, 9.17) is 9.53 Å². The van der Waals surface area contributed by atoms with E-state index < -0.39 is 14.4 Å². The minimum Gasteiger partial charge on any atom is -0.465 e. The molecule has 1 aromatic heterocycles. The van der Waals surface area contributed by atoms with Crippen molar-refractivity contribution in [3.05, 3.63) is 28.8 Å². The number of fused-ring (bicyclic) bond motifs is 2. The maximum atomic E-state index is 15.4. The average Bonchev–Trinajstić information content (AvgIpc) is 3.13. The van der Waals surface area contributed by atoms with Gasteiger partial charge in [-0.15, -0.1) is 0 Å². The van der Waals surface area contributed by atoms with Crippen LogP contribution in [0.3, 0.4) is 0 Å². The molecule has 8 heteroatoms. The number of nitrogens with zero attached hydrogens (tertiary/aromatic N) is 2. The Morgan fingerprint density at radius 2 is 2.10 bits per heavy atom. The van der Waals surface area contributed by atoms with Crippen LogP contribution in [0.5, 0.6) is 0 Å². The van der Waals surface area contributed by atoms with Crippen molar-refractivity contribution in [2.24, 2.45) is 5.92 Å². The fourth-order valence-corrected chi connectivity index (χ4v) is 4.82. The van der Waals surface area contributed by atoms with E-state index in [0.717, 1.165) is 17.5 Å². The molecule has 0 saturated carbocycles. The third-order valence-electron chi connectivity index (χ3n) is 6.46. The second-order valence-corrected chi connectivity index (χ2v) is 14.4. The lowest BCUT2D eigenvalue weighted by atomic mass is 10.1. The van der Waals surface area contributed by atoms with Gasteiger partial charge in [-0.2, -0.15) is 0 Å². The van der Waals surface area contributed by atoms with Crippen LogP contribution < -0.4 is 5.32 Å². The standard InChI is InChI=1S/C21H32FN3O3Si/c1-13-24-17-11-15-9-14(12-28-29(5,6)21(2,3)4)10-16(15)18(22)19(17)25(13)8-7-23-20(26)27/h11,14,23H,7-10,12H2,1-6H3,(H,26,27). The van der Waals surface area contributed by atoms with Gasteiger partial charge in [-0.25, -0.2) is 14.2 Å². The third kappa shape index (κ3) is 4.33. The first-order chi connectivity index (χ1) is 13.4. The molecule has 0 spiro atoms. The molecule has 160 valence electrons. The van der Waals surface area contributed by atoms with E-state index >= 15 is 4.39 Å². The van der Waals surface area contributed by atoms with Gasteiger partial charge in [-0.05, 0) is 61.0 Å². The molecule has 3 rings (SSSR count). The first-order valence-electron chi connectivity index (χ1n) is 10.2. The minimum absolute atomic E-state index is 0.154. The highest BCUT2D eigenvalue weighted by atomic mass is 28.4.